The molecule has 1 aliphatic rings. The van der Waals surface area contributed by atoms with Crippen LogP contribution in [0.1, 0.15) is 49.9 Å². The van der Waals surface area contributed by atoms with Crippen LogP contribution < -0.4 is 5.32 Å². The van der Waals surface area contributed by atoms with Gasteiger partial charge in [-0.2, -0.15) is 4.98 Å². The van der Waals surface area contributed by atoms with Gasteiger partial charge in [0.15, 0.2) is 5.82 Å². The van der Waals surface area contributed by atoms with E-state index in [4.69, 9.17) is 4.52 Å². The average Bonchev–Trinajstić information content (AvgIpc) is 3.12. The Hall–Kier alpha value is -2.31. The summed E-state index contributed by atoms with van der Waals surface area (Å²) in [5.74, 6) is -0.972. The summed E-state index contributed by atoms with van der Waals surface area (Å²) in [5, 5.41) is 6.83. The van der Waals surface area contributed by atoms with Crippen molar-refractivity contribution in [2.45, 2.75) is 44.6 Å². The largest absolute Gasteiger partial charge is 0.343 e. The summed E-state index contributed by atoms with van der Waals surface area (Å²) in [7, 11) is 0. The highest BCUT2D eigenvalue weighted by molar-refractivity contribution is 5.74. The van der Waals surface area contributed by atoms with E-state index >= 15 is 0 Å². The van der Waals surface area contributed by atoms with E-state index in [-0.39, 0.29) is 23.8 Å². The zero-order valence-corrected chi connectivity index (χ0v) is 12.7. The number of nitrogens with zero attached hydrogens (tertiary/aromatic N) is 2. The first kappa shape index (κ1) is 15.6. The molecule has 5 nitrogen and oxygen atoms in total. The van der Waals surface area contributed by atoms with Gasteiger partial charge < -0.3 is 9.84 Å². The van der Waals surface area contributed by atoms with Gasteiger partial charge in [-0.25, -0.2) is 8.78 Å². The third-order valence-electron chi connectivity index (χ3n) is 4.16. The van der Waals surface area contributed by atoms with Crippen molar-refractivity contribution in [3.05, 3.63) is 47.1 Å². The molecule has 1 N–H and O–H groups in total. The van der Waals surface area contributed by atoms with Crippen molar-refractivity contribution in [3.8, 4) is 0 Å². The summed E-state index contributed by atoms with van der Waals surface area (Å²) in [6, 6.07) is 3.68. The summed E-state index contributed by atoms with van der Waals surface area (Å²) in [5.41, 5.74) is -0.746. The molecule has 7 heteroatoms. The first-order valence-corrected chi connectivity index (χ1v) is 7.55. The third kappa shape index (κ3) is 3.09. The second kappa shape index (κ2) is 6.06. The van der Waals surface area contributed by atoms with Gasteiger partial charge in [-0.3, -0.25) is 4.79 Å². The van der Waals surface area contributed by atoms with Crippen LogP contribution in [0.15, 0.2) is 22.7 Å². The number of rotatable bonds is 4. The summed E-state index contributed by atoms with van der Waals surface area (Å²) in [4.78, 5) is 15.7. The zero-order chi connectivity index (χ0) is 16.4. The summed E-state index contributed by atoms with van der Waals surface area (Å²) in [6.45, 7) is 1.44. The fraction of sp³-hybridized carbons (Fsp3) is 0.438. The molecule has 1 amide bonds. The Morgan fingerprint density at radius 3 is 2.57 bits per heavy atom. The van der Waals surface area contributed by atoms with Crippen LogP contribution in [-0.2, 0) is 16.8 Å². The Kier molecular flexibility index (Phi) is 4.11. The van der Waals surface area contributed by atoms with Crippen LogP contribution in [0.5, 0.6) is 0 Å². The number of aromatic nitrogens is 2. The van der Waals surface area contributed by atoms with E-state index < -0.39 is 17.2 Å². The van der Waals surface area contributed by atoms with Crippen molar-refractivity contribution >= 4 is 5.91 Å². The van der Waals surface area contributed by atoms with Gasteiger partial charge in [-0.15, -0.1) is 0 Å². The lowest BCUT2D eigenvalue weighted by atomic mass is 9.96. The smallest absolute Gasteiger partial charge is 0.231 e. The maximum Gasteiger partial charge on any atom is 0.231 e. The van der Waals surface area contributed by atoms with E-state index in [0.29, 0.717) is 5.82 Å². The van der Waals surface area contributed by atoms with Crippen LogP contribution in [0.4, 0.5) is 8.78 Å². The minimum absolute atomic E-state index is 0.109. The molecule has 122 valence electrons. The van der Waals surface area contributed by atoms with E-state index in [2.05, 4.69) is 15.5 Å². The SMILES string of the molecule is CC(=O)NC1(c2noc(Cc3c(F)cccc3F)n2)CCCC1. The summed E-state index contributed by atoms with van der Waals surface area (Å²) >= 11 is 0. The minimum Gasteiger partial charge on any atom is -0.343 e. The zero-order valence-electron chi connectivity index (χ0n) is 12.7. The Bertz CT molecular complexity index is 704. The minimum atomic E-state index is -0.651. The molecule has 1 aromatic carbocycles. The monoisotopic (exact) mass is 321 g/mol. The van der Waals surface area contributed by atoms with Crippen molar-refractivity contribution < 1.29 is 18.1 Å². The molecule has 0 spiro atoms. The molecular weight excluding hydrogens is 304 g/mol. The van der Waals surface area contributed by atoms with Crippen LogP contribution in [0.2, 0.25) is 0 Å². The first-order chi connectivity index (χ1) is 11.0. The van der Waals surface area contributed by atoms with Gasteiger partial charge in [0.25, 0.3) is 0 Å². The molecule has 0 atom stereocenters. The molecule has 1 heterocycles. The number of amides is 1. The predicted molar refractivity (Wildman–Crippen MR) is 77.4 cm³/mol. The van der Waals surface area contributed by atoms with Crippen molar-refractivity contribution in [2.24, 2.45) is 0 Å². The maximum atomic E-state index is 13.7. The molecule has 0 aliphatic heterocycles. The fourth-order valence-corrected chi connectivity index (χ4v) is 3.09. The quantitative estimate of drug-likeness (QED) is 0.940. The van der Waals surface area contributed by atoms with Gasteiger partial charge >= 0.3 is 0 Å². The number of carbonyl (C=O) groups excluding carboxylic acids is 1. The standard InChI is InChI=1S/C16H17F2N3O2/c1-10(22)20-16(7-2-3-8-16)15-19-14(23-21-15)9-11-12(17)5-4-6-13(11)18/h4-6H,2-3,7-9H2,1H3,(H,20,22). The molecule has 1 aliphatic carbocycles. The van der Waals surface area contributed by atoms with E-state index in [9.17, 15) is 13.6 Å². The topological polar surface area (TPSA) is 68.0 Å². The van der Waals surface area contributed by atoms with Crippen LogP contribution in [0.3, 0.4) is 0 Å². The van der Waals surface area contributed by atoms with Gasteiger partial charge in [0.2, 0.25) is 11.8 Å². The number of hydrogen-bond acceptors (Lipinski definition) is 4. The van der Waals surface area contributed by atoms with Gasteiger partial charge in [0.1, 0.15) is 17.2 Å². The molecule has 0 saturated heterocycles. The predicted octanol–water partition coefficient (Wildman–Crippen LogP) is 2.84. The van der Waals surface area contributed by atoms with Gasteiger partial charge in [-0.05, 0) is 25.0 Å². The highest BCUT2D eigenvalue weighted by Gasteiger charge is 2.40. The van der Waals surface area contributed by atoms with Crippen molar-refractivity contribution in [2.75, 3.05) is 0 Å². The van der Waals surface area contributed by atoms with Crippen LogP contribution in [-0.4, -0.2) is 16.0 Å². The summed E-state index contributed by atoms with van der Waals surface area (Å²) in [6.07, 6.45) is 3.22. The van der Waals surface area contributed by atoms with E-state index in [1.54, 1.807) is 0 Å². The van der Waals surface area contributed by atoms with E-state index in [1.165, 1.54) is 25.1 Å². The Labute approximate surface area is 132 Å². The fourth-order valence-electron chi connectivity index (χ4n) is 3.09. The van der Waals surface area contributed by atoms with Gasteiger partial charge in [-0.1, -0.05) is 24.1 Å². The van der Waals surface area contributed by atoms with Gasteiger partial charge in [0.05, 0.1) is 6.42 Å². The molecule has 3 rings (SSSR count). The Morgan fingerprint density at radius 1 is 1.30 bits per heavy atom. The Balaban J connectivity index is 1.86. The molecule has 1 aromatic heterocycles. The number of carbonyl (C=O) groups is 1. The molecule has 1 saturated carbocycles. The number of hydrogen-bond donors (Lipinski definition) is 1. The van der Waals surface area contributed by atoms with E-state index in [1.807, 2.05) is 0 Å². The molecule has 0 unspecified atom stereocenters. The van der Waals surface area contributed by atoms with Crippen molar-refractivity contribution in [1.82, 2.24) is 15.5 Å². The number of halogens is 2. The number of benzene rings is 1. The second-order valence-corrected chi connectivity index (χ2v) is 5.86. The molecule has 23 heavy (non-hydrogen) atoms. The molecule has 2 aromatic rings. The first-order valence-electron chi connectivity index (χ1n) is 7.55. The summed E-state index contributed by atoms with van der Waals surface area (Å²) < 4.78 is 32.6. The lowest BCUT2D eigenvalue weighted by molar-refractivity contribution is -0.121. The normalized spacial score (nSPS) is 16.5. The highest BCUT2D eigenvalue weighted by atomic mass is 19.1. The lowest BCUT2D eigenvalue weighted by Crippen LogP contribution is -2.43. The van der Waals surface area contributed by atoms with Crippen molar-refractivity contribution in [1.29, 1.82) is 0 Å². The second-order valence-electron chi connectivity index (χ2n) is 5.86. The Morgan fingerprint density at radius 2 is 1.96 bits per heavy atom. The highest BCUT2D eigenvalue weighted by Crippen LogP contribution is 2.37. The molecule has 0 radical (unpaired) electrons. The van der Waals surface area contributed by atoms with E-state index in [0.717, 1.165) is 25.7 Å². The van der Waals surface area contributed by atoms with Crippen molar-refractivity contribution in [3.63, 3.8) is 0 Å². The van der Waals surface area contributed by atoms with Crippen LogP contribution in [0.25, 0.3) is 0 Å². The third-order valence-corrected chi connectivity index (χ3v) is 4.16. The van der Waals surface area contributed by atoms with Crippen LogP contribution >= 0.6 is 0 Å². The maximum absolute atomic E-state index is 13.7. The molecule has 1 fully saturated rings. The lowest BCUT2D eigenvalue weighted by Gasteiger charge is -2.25. The van der Waals surface area contributed by atoms with Gasteiger partial charge in [0, 0.05) is 12.5 Å². The molecular formula is C16H17F2N3O2. The number of nitrogens with one attached hydrogen (secondary N) is 1. The average molecular weight is 321 g/mol. The van der Waals surface area contributed by atoms with Crippen LogP contribution in [0, 0.1) is 11.6 Å². The molecule has 0 bridgehead atoms.